The average molecular weight is 673 g/mol. The molecule has 3 atom stereocenters. The van der Waals surface area contributed by atoms with E-state index in [1.807, 2.05) is 44.4 Å². The second-order valence-electron chi connectivity index (χ2n) is 12.4. The molecule has 1 aromatic heterocycles. The molecule has 3 aliphatic carbocycles. The third-order valence-corrected chi connectivity index (χ3v) is 9.30. The van der Waals surface area contributed by atoms with Crippen molar-refractivity contribution in [3.8, 4) is 11.6 Å². The van der Waals surface area contributed by atoms with Crippen LogP contribution < -0.4 is 14.8 Å². The number of ether oxygens (including phenoxy) is 3. The first-order valence-electron chi connectivity index (χ1n) is 15.8. The molecule has 1 spiro atoms. The van der Waals surface area contributed by atoms with Gasteiger partial charge in [-0.3, -0.25) is 14.4 Å². The Bertz CT molecular complexity index is 1990. The fraction of sp³-hybridized carbons (Fsp3) is 0.297. The zero-order valence-electron chi connectivity index (χ0n) is 26.6. The van der Waals surface area contributed by atoms with E-state index in [0.717, 1.165) is 17.2 Å². The molecule has 2 heterocycles. The van der Waals surface area contributed by atoms with Crippen molar-refractivity contribution in [2.75, 3.05) is 14.1 Å². The maximum Gasteiger partial charge on any atom is 0.417 e. The fourth-order valence-corrected chi connectivity index (χ4v) is 7.26. The van der Waals surface area contributed by atoms with E-state index in [1.54, 1.807) is 30.3 Å². The Morgan fingerprint density at radius 3 is 2.20 bits per heavy atom. The number of halogens is 3. The Balaban J connectivity index is 0.00000122. The molecule has 0 amide bonds. The van der Waals surface area contributed by atoms with Crippen LogP contribution in [0.2, 0.25) is 0 Å². The molecule has 1 unspecified atom stereocenters. The summed E-state index contributed by atoms with van der Waals surface area (Å²) in [4.78, 5) is 40.3. The van der Waals surface area contributed by atoms with Crippen molar-refractivity contribution < 1.29 is 46.3 Å². The maximum atomic E-state index is 14.5. The fourth-order valence-electron chi connectivity index (χ4n) is 7.26. The standard InChI is InChI=1S/C35H24F3NO7.C2H7N/c36-35(37,38)29-21(15-40)13-24(43-16-18-7-3-1-4-8-18)27-23(29)12-20-11-22-14-25-28(31(42)34(22)32(45-34)26(20)30(27)41)33(39-46-25)44-17-19-9-5-2-6-10-19;1-3-2/h1-10,13,15,20,22H,11-12,14,16-17H2;3H,1-2H3/t20?,22-,34+;/m0./s1. The number of ketones is 2. The molecule has 12 heteroatoms. The summed E-state index contributed by atoms with van der Waals surface area (Å²) in [5.74, 6) is -1.95. The molecule has 8 rings (SSSR count). The highest BCUT2D eigenvalue weighted by Crippen LogP contribution is 2.63. The van der Waals surface area contributed by atoms with Gasteiger partial charge in [0.1, 0.15) is 24.5 Å². The normalized spacial score (nSPS) is 21.5. The summed E-state index contributed by atoms with van der Waals surface area (Å²) >= 11 is 0. The molecule has 0 radical (unpaired) electrons. The topological polar surface area (TPSA) is 120 Å². The highest BCUT2D eigenvalue weighted by Gasteiger charge is 2.72. The molecule has 252 valence electrons. The molecule has 1 fully saturated rings. The predicted molar refractivity (Wildman–Crippen MR) is 168 cm³/mol. The van der Waals surface area contributed by atoms with Gasteiger partial charge in [-0.25, -0.2) is 0 Å². The number of carbonyl (C=O) groups excluding carboxylic acids is 3. The minimum absolute atomic E-state index is 0.0202. The summed E-state index contributed by atoms with van der Waals surface area (Å²) in [6.45, 7) is 0.105. The Morgan fingerprint density at radius 2 is 1.59 bits per heavy atom. The van der Waals surface area contributed by atoms with Crippen LogP contribution >= 0.6 is 0 Å². The van der Waals surface area contributed by atoms with E-state index >= 15 is 0 Å². The zero-order chi connectivity index (χ0) is 34.5. The number of hydrogen-bond acceptors (Lipinski definition) is 9. The van der Waals surface area contributed by atoms with Gasteiger partial charge in [0.25, 0.3) is 5.88 Å². The lowest BCUT2D eigenvalue weighted by Gasteiger charge is -2.36. The van der Waals surface area contributed by atoms with Crippen LogP contribution in [0.4, 0.5) is 13.2 Å². The number of benzene rings is 3. The summed E-state index contributed by atoms with van der Waals surface area (Å²) in [7, 11) is 3.75. The second-order valence-corrected chi connectivity index (χ2v) is 12.4. The summed E-state index contributed by atoms with van der Waals surface area (Å²) in [5.41, 5.74) is -1.85. The number of Topliss-reactive ketones (excluding diaryl/α,β-unsaturated/α-hetero) is 2. The van der Waals surface area contributed by atoms with Crippen LogP contribution in [0.15, 0.2) is 82.6 Å². The van der Waals surface area contributed by atoms with Crippen LogP contribution in [0.5, 0.6) is 11.6 Å². The number of rotatable bonds is 7. The third kappa shape index (κ3) is 5.40. The van der Waals surface area contributed by atoms with Crippen LogP contribution in [0.1, 0.15) is 65.5 Å². The van der Waals surface area contributed by atoms with Crippen molar-refractivity contribution >= 4 is 17.9 Å². The van der Waals surface area contributed by atoms with Crippen LogP contribution in [-0.2, 0) is 37.0 Å². The van der Waals surface area contributed by atoms with E-state index in [1.165, 1.54) is 0 Å². The first-order valence-corrected chi connectivity index (χ1v) is 15.8. The molecule has 0 saturated carbocycles. The largest absolute Gasteiger partial charge is 0.488 e. The van der Waals surface area contributed by atoms with Crippen LogP contribution in [0, 0.1) is 11.8 Å². The van der Waals surface area contributed by atoms with E-state index in [0.29, 0.717) is 5.76 Å². The lowest BCUT2D eigenvalue weighted by Crippen LogP contribution is -2.44. The van der Waals surface area contributed by atoms with Gasteiger partial charge in [-0.05, 0) is 60.8 Å². The van der Waals surface area contributed by atoms with Gasteiger partial charge in [0.05, 0.1) is 11.1 Å². The minimum Gasteiger partial charge on any atom is -0.488 e. The highest BCUT2D eigenvalue weighted by molar-refractivity contribution is 6.18. The molecule has 4 aromatic rings. The molecule has 9 nitrogen and oxygen atoms in total. The van der Waals surface area contributed by atoms with Crippen LogP contribution in [-0.4, -0.2) is 42.7 Å². The molecular weight excluding hydrogens is 641 g/mol. The molecule has 1 saturated heterocycles. The third-order valence-electron chi connectivity index (χ3n) is 9.30. The molecule has 4 aliphatic rings. The van der Waals surface area contributed by atoms with Crippen molar-refractivity contribution in [3.05, 3.63) is 123 Å². The molecule has 49 heavy (non-hydrogen) atoms. The Labute approximate surface area is 279 Å². The van der Waals surface area contributed by atoms with Gasteiger partial charge in [0, 0.05) is 23.5 Å². The number of nitrogens with zero attached hydrogens (tertiary/aromatic N) is 1. The van der Waals surface area contributed by atoms with Gasteiger partial charge in [-0.2, -0.15) is 13.2 Å². The monoisotopic (exact) mass is 672 g/mol. The SMILES string of the molecule is CNC.O=Cc1cc(OCc2ccccc2)c2c(c1C(F)(F)F)CC1C[C@H]3Cc4onc(OCc5ccccc5)c4C(=O)[C@]34OC4=C1C2=O. The number of fused-ring (bicyclic) bond motifs is 3. The number of aldehydes is 1. The number of nitrogens with one attached hydrogen (secondary N) is 1. The second kappa shape index (κ2) is 12.3. The number of epoxide rings is 1. The van der Waals surface area contributed by atoms with Gasteiger partial charge in [-0.1, -0.05) is 60.7 Å². The van der Waals surface area contributed by atoms with Crippen molar-refractivity contribution in [2.24, 2.45) is 11.8 Å². The van der Waals surface area contributed by atoms with Gasteiger partial charge < -0.3 is 24.1 Å². The lowest BCUT2D eigenvalue weighted by molar-refractivity contribution is -0.138. The van der Waals surface area contributed by atoms with Crippen LogP contribution in [0.25, 0.3) is 0 Å². The van der Waals surface area contributed by atoms with Crippen molar-refractivity contribution in [1.29, 1.82) is 0 Å². The zero-order valence-corrected chi connectivity index (χ0v) is 26.6. The quantitative estimate of drug-likeness (QED) is 0.177. The average Bonchev–Trinajstić information content (AvgIpc) is 3.72. The van der Waals surface area contributed by atoms with E-state index in [9.17, 15) is 27.6 Å². The number of aromatic nitrogens is 1. The van der Waals surface area contributed by atoms with E-state index < -0.39 is 46.3 Å². The van der Waals surface area contributed by atoms with E-state index in [4.69, 9.17) is 18.7 Å². The van der Waals surface area contributed by atoms with Crippen molar-refractivity contribution in [2.45, 2.75) is 44.3 Å². The molecular formula is C37H31F3N2O7. The lowest BCUT2D eigenvalue weighted by atomic mass is 9.63. The number of carbonyl (C=O) groups is 3. The first kappa shape index (κ1) is 32.3. The number of alkyl halides is 3. The molecule has 1 N–H and O–H groups in total. The minimum atomic E-state index is -4.90. The smallest absolute Gasteiger partial charge is 0.417 e. The maximum absolute atomic E-state index is 14.5. The van der Waals surface area contributed by atoms with Crippen molar-refractivity contribution in [1.82, 2.24) is 10.5 Å². The van der Waals surface area contributed by atoms with Gasteiger partial charge >= 0.3 is 6.18 Å². The Hall–Kier alpha value is -5.23. The summed E-state index contributed by atoms with van der Waals surface area (Å²) in [6, 6.07) is 19.2. The molecule has 1 aliphatic heterocycles. The molecule has 0 bridgehead atoms. The highest BCUT2D eigenvalue weighted by atomic mass is 19.4. The molecule has 3 aromatic carbocycles. The van der Waals surface area contributed by atoms with E-state index in [-0.39, 0.29) is 78.4 Å². The number of hydrogen-bond donors (Lipinski definition) is 1. The predicted octanol–water partition coefficient (Wildman–Crippen LogP) is 6.34. The Morgan fingerprint density at radius 1 is 0.959 bits per heavy atom. The summed E-state index contributed by atoms with van der Waals surface area (Å²) in [6.07, 6.45) is -4.53. The van der Waals surface area contributed by atoms with Gasteiger partial charge in [0.2, 0.25) is 11.4 Å². The summed E-state index contributed by atoms with van der Waals surface area (Å²) < 4.78 is 66.8. The number of allylic oxidation sites excluding steroid dienone is 1. The summed E-state index contributed by atoms with van der Waals surface area (Å²) in [5, 5.41) is 6.74. The van der Waals surface area contributed by atoms with Gasteiger partial charge in [-0.15, -0.1) is 0 Å². The van der Waals surface area contributed by atoms with Crippen LogP contribution in [0.3, 0.4) is 0 Å². The van der Waals surface area contributed by atoms with E-state index in [2.05, 4.69) is 10.5 Å². The Kier molecular flexibility index (Phi) is 8.14. The van der Waals surface area contributed by atoms with Gasteiger partial charge in [0.15, 0.2) is 23.6 Å². The van der Waals surface area contributed by atoms with Crippen molar-refractivity contribution in [3.63, 3.8) is 0 Å². The first-order chi connectivity index (χ1) is 23.6.